The fraction of sp³-hybridized carbons (Fsp3) is 0.538. The van der Waals surface area contributed by atoms with Gasteiger partial charge < -0.3 is 19.5 Å². The summed E-state index contributed by atoms with van der Waals surface area (Å²) in [6, 6.07) is 3.80. The van der Waals surface area contributed by atoms with Gasteiger partial charge in [0.2, 0.25) is 0 Å². The summed E-state index contributed by atoms with van der Waals surface area (Å²) in [5.74, 6) is 2.37. The van der Waals surface area contributed by atoms with Crippen molar-refractivity contribution in [1.29, 1.82) is 0 Å². The first-order valence-corrected chi connectivity index (χ1v) is 5.70. The smallest absolute Gasteiger partial charge is 0.131 e. The average molecular weight is 237 g/mol. The maximum absolute atomic E-state index is 5.46. The van der Waals surface area contributed by atoms with Crippen LogP contribution in [0.5, 0.6) is 17.2 Å². The van der Waals surface area contributed by atoms with Crippen molar-refractivity contribution < 1.29 is 14.2 Å². The normalized spacial score (nSPS) is 16.5. The van der Waals surface area contributed by atoms with Gasteiger partial charge in [0.1, 0.15) is 17.2 Å². The minimum atomic E-state index is 0.00293. The second kappa shape index (κ2) is 4.45. The number of ether oxygens (including phenoxy) is 3. The van der Waals surface area contributed by atoms with Crippen LogP contribution >= 0.6 is 0 Å². The van der Waals surface area contributed by atoms with Gasteiger partial charge in [0.15, 0.2) is 0 Å². The maximum atomic E-state index is 5.46. The highest BCUT2D eigenvalue weighted by molar-refractivity contribution is 5.56. The number of rotatable bonds is 5. The van der Waals surface area contributed by atoms with Crippen LogP contribution in [0.3, 0.4) is 0 Å². The highest BCUT2D eigenvalue weighted by Crippen LogP contribution is 2.53. The van der Waals surface area contributed by atoms with Gasteiger partial charge in [-0.2, -0.15) is 0 Å². The third kappa shape index (κ3) is 1.93. The molecule has 1 aromatic rings. The molecule has 0 heterocycles. The molecule has 0 bridgehead atoms. The predicted molar refractivity (Wildman–Crippen MR) is 66.1 cm³/mol. The van der Waals surface area contributed by atoms with Gasteiger partial charge in [0.05, 0.1) is 32.4 Å². The van der Waals surface area contributed by atoms with E-state index in [1.165, 1.54) is 0 Å². The van der Waals surface area contributed by atoms with Gasteiger partial charge in [-0.05, 0) is 19.9 Å². The molecule has 4 nitrogen and oxygen atoms in total. The van der Waals surface area contributed by atoms with Gasteiger partial charge in [0.25, 0.3) is 0 Å². The summed E-state index contributed by atoms with van der Waals surface area (Å²) in [5.41, 5.74) is 1.09. The zero-order valence-electron chi connectivity index (χ0n) is 10.8. The molecule has 0 spiro atoms. The van der Waals surface area contributed by atoms with Crippen molar-refractivity contribution in [3.05, 3.63) is 17.7 Å². The molecule has 17 heavy (non-hydrogen) atoms. The molecule has 4 heteroatoms. The van der Waals surface area contributed by atoms with Gasteiger partial charge in [-0.15, -0.1) is 0 Å². The lowest BCUT2D eigenvalue weighted by atomic mass is 10.0. The van der Waals surface area contributed by atoms with Crippen LogP contribution in [-0.4, -0.2) is 28.4 Å². The Bertz CT molecular complexity index is 388. The second-order valence-corrected chi connectivity index (χ2v) is 4.24. The van der Waals surface area contributed by atoms with E-state index in [1.54, 1.807) is 21.3 Å². The Labute approximate surface area is 102 Å². The van der Waals surface area contributed by atoms with E-state index in [2.05, 4.69) is 5.32 Å². The Morgan fingerprint density at radius 2 is 1.53 bits per heavy atom. The summed E-state index contributed by atoms with van der Waals surface area (Å²) in [6.45, 7) is 0. The summed E-state index contributed by atoms with van der Waals surface area (Å²) in [7, 11) is 6.95. The van der Waals surface area contributed by atoms with Crippen LogP contribution in [0.4, 0.5) is 0 Å². The monoisotopic (exact) mass is 237 g/mol. The molecule has 0 amide bonds. The molecule has 0 atom stereocenters. The third-order valence-corrected chi connectivity index (χ3v) is 3.42. The van der Waals surface area contributed by atoms with E-state index in [1.807, 2.05) is 19.2 Å². The Hall–Kier alpha value is -1.42. The van der Waals surface area contributed by atoms with Gasteiger partial charge in [-0.25, -0.2) is 0 Å². The summed E-state index contributed by atoms with van der Waals surface area (Å²) in [5, 5.41) is 3.35. The predicted octanol–water partition coefficient (Wildman–Crippen LogP) is 1.92. The van der Waals surface area contributed by atoms with Crippen LogP contribution in [0, 0.1) is 0 Å². The SMILES string of the molecule is CNC1(c2c(OC)cc(OC)cc2OC)CC1. The lowest BCUT2D eigenvalue weighted by Crippen LogP contribution is -2.25. The molecule has 1 fully saturated rings. The Morgan fingerprint density at radius 3 is 1.82 bits per heavy atom. The molecule has 0 aliphatic heterocycles. The summed E-state index contributed by atoms with van der Waals surface area (Å²) in [4.78, 5) is 0. The van der Waals surface area contributed by atoms with Crippen molar-refractivity contribution in [3.63, 3.8) is 0 Å². The summed E-state index contributed by atoms with van der Waals surface area (Å²) >= 11 is 0. The molecule has 0 radical (unpaired) electrons. The molecule has 0 unspecified atom stereocenters. The number of hydrogen-bond acceptors (Lipinski definition) is 4. The van der Waals surface area contributed by atoms with Crippen molar-refractivity contribution in [2.24, 2.45) is 0 Å². The van der Waals surface area contributed by atoms with E-state index in [-0.39, 0.29) is 5.54 Å². The molecule has 94 valence electrons. The van der Waals surface area contributed by atoms with Crippen molar-refractivity contribution >= 4 is 0 Å². The van der Waals surface area contributed by atoms with Crippen LogP contribution in [0.2, 0.25) is 0 Å². The molecule has 1 saturated carbocycles. The van der Waals surface area contributed by atoms with Crippen molar-refractivity contribution in [2.45, 2.75) is 18.4 Å². The largest absolute Gasteiger partial charge is 0.496 e. The van der Waals surface area contributed by atoms with E-state index in [0.717, 1.165) is 35.7 Å². The molecule has 0 aromatic heterocycles. The standard InChI is InChI=1S/C13H19NO3/c1-14-13(5-6-13)12-10(16-3)7-9(15-2)8-11(12)17-4/h7-8,14H,5-6H2,1-4H3. The number of hydrogen-bond donors (Lipinski definition) is 1. The average Bonchev–Trinajstić information content (AvgIpc) is 3.17. The molecular weight excluding hydrogens is 218 g/mol. The van der Waals surface area contributed by atoms with Gasteiger partial charge in [-0.1, -0.05) is 0 Å². The zero-order chi connectivity index (χ0) is 12.5. The molecule has 1 aromatic carbocycles. The van der Waals surface area contributed by atoms with E-state index in [0.29, 0.717) is 0 Å². The lowest BCUT2D eigenvalue weighted by molar-refractivity contribution is 0.357. The summed E-state index contributed by atoms with van der Waals surface area (Å²) < 4.78 is 16.2. The zero-order valence-corrected chi connectivity index (χ0v) is 10.8. The minimum Gasteiger partial charge on any atom is -0.496 e. The first-order valence-electron chi connectivity index (χ1n) is 5.70. The fourth-order valence-corrected chi connectivity index (χ4v) is 2.23. The minimum absolute atomic E-state index is 0.00293. The van der Waals surface area contributed by atoms with Crippen LogP contribution in [0.1, 0.15) is 18.4 Å². The van der Waals surface area contributed by atoms with Gasteiger partial charge in [0, 0.05) is 12.1 Å². The van der Waals surface area contributed by atoms with E-state index in [9.17, 15) is 0 Å². The molecular formula is C13H19NO3. The lowest BCUT2D eigenvalue weighted by Gasteiger charge is -2.22. The fourth-order valence-electron chi connectivity index (χ4n) is 2.23. The highest BCUT2D eigenvalue weighted by Gasteiger charge is 2.47. The molecule has 1 N–H and O–H groups in total. The molecule has 1 aliphatic carbocycles. The summed E-state index contributed by atoms with van der Waals surface area (Å²) in [6.07, 6.45) is 2.20. The van der Waals surface area contributed by atoms with E-state index < -0.39 is 0 Å². The van der Waals surface area contributed by atoms with Gasteiger partial charge >= 0.3 is 0 Å². The molecule has 2 rings (SSSR count). The first kappa shape index (κ1) is 12.0. The number of methoxy groups -OCH3 is 3. The molecule has 0 saturated heterocycles. The van der Waals surface area contributed by atoms with Crippen LogP contribution in [0.15, 0.2) is 12.1 Å². The topological polar surface area (TPSA) is 39.7 Å². The van der Waals surface area contributed by atoms with Crippen molar-refractivity contribution in [1.82, 2.24) is 5.32 Å². The quantitative estimate of drug-likeness (QED) is 0.849. The number of benzene rings is 1. The van der Waals surface area contributed by atoms with E-state index in [4.69, 9.17) is 14.2 Å². The third-order valence-electron chi connectivity index (χ3n) is 3.42. The molecule has 1 aliphatic rings. The van der Waals surface area contributed by atoms with Crippen molar-refractivity contribution in [2.75, 3.05) is 28.4 Å². The number of nitrogens with one attached hydrogen (secondary N) is 1. The maximum Gasteiger partial charge on any atom is 0.131 e. The van der Waals surface area contributed by atoms with Crippen molar-refractivity contribution in [3.8, 4) is 17.2 Å². The Balaban J connectivity index is 2.55. The second-order valence-electron chi connectivity index (χ2n) is 4.24. The first-order chi connectivity index (χ1) is 8.20. The Kier molecular flexibility index (Phi) is 3.15. The van der Waals surface area contributed by atoms with Gasteiger partial charge in [-0.3, -0.25) is 0 Å². The Morgan fingerprint density at radius 1 is 1.00 bits per heavy atom. The van der Waals surface area contributed by atoms with Crippen LogP contribution in [-0.2, 0) is 5.54 Å². The van der Waals surface area contributed by atoms with Crippen LogP contribution in [0.25, 0.3) is 0 Å². The van der Waals surface area contributed by atoms with E-state index >= 15 is 0 Å². The highest BCUT2D eigenvalue weighted by atomic mass is 16.5. The van der Waals surface area contributed by atoms with Crippen LogP contribution < -0.4 is 19.5 Å².